The first-order valence-corrected chi connectivity index (χ1v) is 8.65. The van der Waals surface area contributed by atoms with E-state index < -0.39 is 5.91 Å². The summed E-state index contributed by atoms with van der Waals surface area (Å²) in [6.07, 6.45) is 0.636. The summed E-state index contributed by atoms with van der Waals surface area (Å²) in [5, 5.41) is 0.612. The van der Waals surface area contributed by atoms with Crippen molar-refractivity contribution in [2.45, 2.75) is 19.8 Å². The topological polar surface area (TPSA) is 87.7 Å². The molecule has 25 heavy (non-hydrogen) atoms. The van der Waals surface area contributed by atoms with Crippen LogP contribution in [0.5, 0.6) is 0 Å². The number of nitrogens with one attached hydrogen (secondary N) is 2. The molecule has 1 heterocycles. The van der Waals surface area contributed by atoms with E-state index in [4.69, 9.17) is 27.9 Å². The molecule has 2 N–H and O–H groups in total. The molecule has 1 aromatic carbocycles. The van der Waals surface area contributed by atoms with Gasteiger partial charge in [-0.2, -0.15) is 0 Å². The van der Waals surface area contributed by atoms with Crippen molar-refractivity contribution in [1.82, 2.24) is 15.8 Å². The fraction of sp³-hybridized carbons (Fsp3) is 0.438. The van der Waals surface area contributed by atoms with E-state index in [-0.39, 0.29) is 28.5 Å². The van der Waals surface area contributed by atoms with Crippen molar-refractivity contribution in [1.29, 1.82) is 0 Å². The summed E-state index contributed by atoms with van der Waals surface area (Å²) in [6.45, 7) is 2.94. The molecule has 1 aromatic rings. The molecule has 1 aliphatic heterocycles. The lowest BCUT2D eigenvalue weighted by molar-refractivity contribution is -0.127. The van der Waals surface area contributed by atoms with Gasteiger partial charge < -0.3 is 9.64 Å². The van der Waals surface area contributed by atoms with Gasteiger partial charge in [-0.15, -0.1) is 0 Å². The standard InChI is InChI=1S/C16H19Cl2N3O4/c1-2-25-16(24)21-7-5-10(6-8-21)14(22)19-20-15(23)12-4-3-11(17)9-13(12)18/h3-4,9-10H,2,5-8H2,1H3,(H,19,22)(H,20,23). The SMILES string of the molecule is CCOC(=O)N1CCC(C(=O)NNC(=O)c2ccc(Cl)cc2Cl)CC1. The molecule has 1 aliphatic rings. The first-order chi connectivity index (χ1) is 11.9. The number of likely N-dealkylation sites (tertiary alicyclic amines) is 1. The van der Waals surface area contributed by atoms with Crippen LogP contribution in [0.1, 0.15) is 30.1 Å². The Bertz CT molecular complexity index is 661. The fourth-order valence-electron chi connectivity index (χ4n) is 2.50. The van der Waals surface area contributed by atoms with Crippen molar-refractivity contribution >= 4 is 41.1 Å². The van der Waals surface area contributed by atoms with Gasteiger partial charge in [-0.3, -0.25) is 20.4 Å². The lowest BCUT2D eigenvalue weighted by Crippen LogP contribution is -2.48. The van der Waals surface area contributed by atoms with Crippen LogP contribution >= 0.6 is 23.2 Å². The zero-order valence-electron chi connectivity index (χ0n) is 13.7. The van der Waals surface area contributed by atoms with Crippen molar-refractivity contribution in [3.05, 3.63) is 33.8 Å². The van der Waals surface area contributed by atoms with Gasteiger partial charge in [0, 0.05) is 24.0 Å². The van der Waals surface area contributed by atoms with Gasteiger partial charge >= 0.3 is 6.09 Å². The lowest BCUT2D eigenvalue weighted by atomic mass is 9.96. The Balaban J connectivity index is 1.81. The van der Waals surface area contributed by atoms with Crippen LogP contribution in [0.4, 0.5) is 4.79 Å². The smallest absolute Gasteiger partial charge is 0.409 e. The Labute approximate surface area is 155 Å². The van der Waals surface area contributed by atoms with Gasteiger partial charge in [0.05, 0.1) is 17.2 Å². The van der Waals surface area contributed by atoms with Crippen molar-refractivity contribution in [3.63, 3.8) is 0 Å². The average molecular weight is 388 g/mol. The second kappa shape index (κ2) is 8.92. The summed E-state index contributed by atoms with van der Waals surface area (Å²) in [7, 11) is 0. The van der Waals surface area contributed by atoms with E-state index >= 15 is 0 Å². The van der Waals surface area contributed by atoms with Crippen LogP contribution in [-0.4, -0.2) is 42.5 Å². The number of hydrogen-bond acceptors (Lipinski definition) is 4. The first kappa shape index (κ1) is 19.3. The fourth-order valence-corrected chi connectivity index (χ4v) is 2.99. The molecular weight excluding hydrogens is 369 g/mol. The Morgan fingerprint density at radius 1 is 1.20 bits per heavy atom. The number of halogens is 2. The van der Waals surface area contributed by atoms with Gasteiger partial charge in [0.1, 0.15) is 0 Å². The first-order valence-electron chi connectivity index (χ1n) is 7.89. The van der Waals surface area contributed by atoms with Gasteiger partial charge in [0.2, 0.25) is 5.91 Å². The molecule has 0 atom stereocenters. The number of carbonyl (C=O) groups excluding carboxylic acids is 3. The van der Waals surface area contributed by atoms with Gasteiger partial charge in [0.15, 0.2) is 0 Å². The Morgan fingerprint density at radius 3 is 2.48 bits per heavy atom. The predicted molar refractivity (Wildman–Crippen MR) is 93.4 cm³/mol. The van der Waals surface area contributed by atoms with Crippen LogP contribution in [-0.2, 0) is 9.53 Å². The summed E-state index contributed by atoms with van der Waals surface area (Å²) < 4.78 is 4.93. The molecule has 0 aromatic heterocycles. The number of hydrogen-bond donors (Lipinski definition) is 2. The molecule has 0 aliphatic carbocycles. The van der Waals surface area contributed by atoms with Crippen LogP contribution in [0.15, 0.2) is 18.2 Å². The summed E-state index contributed by atoms with van der Waals surface area (Å²) in [6, 6.07) is 4.46. The van der Waals surface area contributed by atoms with E-state index in [1.165, 1.54) is 18.2 Å². The highest BCUT2D eigenvalue weighted by Gasteiger charge is 2.28. The van der Waals surface area contributed by atoms with Gasteiger partial charge in [-0.25, -0.2) is 4.79 Å². The molecule has 0 unspecified atom stereocenters. The predicted octanol–water partition coefficient (Wildman–Crippen LogP) is 2.62. The minimum Gasteiger partial charge on any atom is -0.450 e. The van der Waals surface area contributed by atoms with Gasteiger partial charge in [-0.05, 0) is 38.0 Å². The minimum absolute atomic E-state index is 0.196. The van der Waals surface area contributed by atoms with Crippen LogP contribution in [0, 0.1) is 5.92 Å². The number of benzene rings is 1. The third-order valence-corrected chi connectivity index (χ3v) is 4.41. The highest BCUT2D eigenvalue weighted by atomic mass is 35.5. The average Bonchev–Trinajstić information content (AvgIpc) is 2.59. The molecule has 2 rings (SSSR count). The van der Waals surface area contributed by atoms with Crippen LogP contribution in [0.2, 0.25) is 10.0 Å². The summed E-state index contributed by atoms with van der Waals surface area (Å²) >= 11 is 11.7. The maximum atomic E-state index is 12.2. The van der Waals surface area contributed by atoms with Gasteiger partial charge in [0.25, 0.3) is 5.91 Å². The van der Waals surface area contributed by atoms with E-state index in [9.17, 15) is 14.4 Å². The molecule has 1 fully saturated rings. The number of ether oxygens (including phenoxy) is 1. The number of rotatable bonds is 3. The largest absolute Gasteiger partial charge is 0.450 e. The Hall–Kier alpha value is -1.99. The lowest BCUT2D eigenvalue weighted by Gasteiger charge is -2.30. The molecule has 9 heteroatoms. The summed E-state index contributed by atoms with van der Waals surface area (Å²) in [5.74, 6) is -1.12. The highest BCUT2D eigenvalue weighted by molar-refractivity contribution is 6.36. The highest BCUT2D eigenvalue weighted by Crippen LogP contribution is 2.21. The van der Waals surface area contributed by atoms with Crippen LogP contribution in [0.3, 0.4) is 0 Å². The molecule has 136 valence electrons. The second-order valence-electron chi connectivity index (χ2n) is 5.53. The zero-order chi connectivity index (χ0) is 18.4. The van der Waals surface area contributed by atoms with E-state index in [1.807, 2.05) is 0 Å². The molecule has 0 radical (unpaired) electrons. The summed E-state index contributed by atoms with van der Waals surface area (Å²) in [4.78, 5) is 37.4. The van der Waals surface area contributed by atoms with Crippen LogP contribution < -0.4 is 10.9 Å². The molecule has 3 amide bonds. The molecular formula is C16H19Cl2N3O4. The number of hydrazine groups is 1. The van der Waals surface area contributed by atoms with Crippen molar-refractivity contribution in [2.75, 3.05) is 19.7 Å². The van der Waals surface area contributed by atoms with E-state index in [1.54, 1.807) is 11.8 Å². The zero-order valence-corrected chi connectivity index (χ0v) is 15.2. The monoisotopic (exact) mass is 387 g/mol. The van der Waals surface area contributed by atoms with E-state index in [0.29, 0.717) is 37.6 Å². The Morgan fingerprint density at radius 2 is 1.88 bits per heavy atom. The maximum Gasteiger partial charge on any atom is 0.409 e. The number of amides is 3. The molecule has 1 saturated heterocycles. The number of nitrogens with zero attached hydrogens (tertiary/aromatic N) is 1. The van der Waals surface area contributed by atoms with E-state index in [0.717, 1.165) is 0 Å². The minimum atomic E-state index is -0.529. The van der Waals surface area contributed by atoms with Crippen molar-refractivity contribution in [3.8, 4) is 0 Å². The van der Waals surface area contributed by atoms with Crippen molar-refractivity contribution < 1.29 is 19.1 Å². The van der Waals surface area contributed by atoms with Gasteiger partial charge in [-0.1, -0.05) is 23.2 Å². The van der Waals surface area contributed by atoms with E-state index in [2.05, 4.69) is 10.9 Å². The van der Waals surface area contributed by atoms with Crippen LogP contribution in [0.25, 0.3) is 0 Å². The normalized spacial score (nSPS) is 14.8. The maximum absolute atomic E-state index is 12.2. The molecule has 0 bridgehead atoms. The third-order valence-electron chi connectivity index (χ3n) is 3.87. The molecule has 0 spiro atoms. The number of piperidine rings is 1. The van der Waals surface area contributed by atoms with Crippen molar-refractivity contribution in [2.24, 2.45) is 5.92 Å². The molecule has 0 saturated carbocycles. The number of carbonyl (C=O) groups is 3. The molecule has 7 nitrogen and oxygen atoms in total. The third kappa shape index (κ3) is 5.24. The summed E-state index contributed by atoms with van der Waals surface area (Å²) in [5.41, 5.74) is 4.95. The Kier molecular flexibility index (Phi) is 6.90. The quantitative estimate of drug-likeness (QED) is 0.780. The second-order valence-corrected chi connectivity index (χ2v) is 6.37.